The van der Waals surface area contributed by atoms with E-state index in [1.807, 2.05) is 0 Å². The van der Waals surface area contributed by atoms with Gasteiger partial charge < -0.3 is 9.47 Å². The third-order valence-corrected chi connectivity index (χ3v) is 1.93. The summed E-state index contributed by atoms with van der Waals surface area (Å²) in [5.41, 5.74) is 0.708. The van der Waals surface area contributed by atoms with Crippen molar-refractivity contribution in [1.29, 1.82) is 0 Å². The van der Waals surface area contributed by atoms with Gasteiger partial charge in [0.2, 0.25) is 0 Å². The van der Waals surface area contributed by atoms with E-state index in [4.69, 9.17) is 4.74 Å². The van der Waals surface area contributed by atoms with Gasteiger partial charge in [-0.25, -0.2) is 4.39 Å². The lowest BCUT2D eigenvalue weighted by molar-refractivity contribution is -0.141. The molecule has 0 heterocycles. The average Bonchev–Trinajstić information content (AvgIpc) is 2.21. The number of carbonyl (C=O) groups is 1. The molecule has 0 aromatic heterocycles. The summed E-state index contributed by atoms with van der Waals surface area (Å²) < 4.78 is 22.5. The molecule has 0 radical (unpaired) electrons. The quantitative estimate of drug-likeness (QED) is 0.717. The van der Waals surface area contributed by atoms with E-state index in [9.17, 15) is 9.18 Å². The van der Waals surface area contributed by atoms with E-state index < -0.39 is 0 Å². The molecule has 82 valence electrons. The SMILES string of the molecule is COC(=O)CCOc1ccc(F)cc1C. The minimum Gasteiger partial charge on any atom is -0.493 e. The molecule has 0 aliphatic carbocycles. The van der Waals surface area contributed by atoms with Crippen LogP contribution < -0.4 is 4.74 Å². The molecule has 0 N–H and O–H groups in total. The molecule has 4 heteroatoms. The standard InChI is InChI=1S/C11H13FO3/c1-8-7-9(12)3-4-10(8)15-6-5-11(13)14-2/h3-4,7H,5-6H2,1-2H3. The Balaban J connectivity index is 2.47. The second-order valence-corrected chi connectivity index (χ2v) is 3.08. The van der Waals surface area contributed by atoms with Crippen LogP contribution in [-0.2, 0) is 9.53 Å². The van der Waals surface area contributed by atoms with Crippen LogP contribution in [0, 0.1) is 12.7 Å². The van der Waals surface area contributed by atoms with Crippen molar-refractivity contribution in [3.63, 3.8) is 0 Å². The number of hydrogen-bond donors (Lipinski definition) is 0. The molecule has 0 aliphatic rings. The lowest BCUT2D eigenvalue weighted by Gasteiger charge is -2.07. The van der Waals surface area contributed by atoms with Gasteiger partial charge in [-0.2, -0.15) is 0 Å². The molecule has 15 heavy (non-hydrogen) atoms. The van der Waals surface area contributed by atoms with Crippen molar-refractivity contribution in [2.24, 2.45) is 0 Å². The van der Waals surface area contributed by atoms with E-state index in [0.717, 1.165) is 0 Å². The maximum atomic E-state index is 12.7. The van der Waals surface area contributed by atoms with Gasteiger partial charge in [-0.1, -0.05) is 0 Å². The Bertz CT molecular complexity index is 350. The fourth-order valence-corrected chi connectivity index (χ4v) is 1.12. The Labute approximate surface area is 87.8 Å². The lowest BCUT2D eigenvalue weighted by atomic mass is 10.2. The molecule has 1 aromatic carbocycles. The van der Waals surface area contributed by atoms with E-state index in [1.165, 1.54) is 19.2 Å². The molecule has 0 amide bonds. The van der Waals surface area contributed by atoms with Crippen LogP contribution in [0.3, 0.4) is 0 Å². The molecule has 0 bridgehead atoms. The Hall–Kier alpha value is -1.58. The third kappa shape index (κ3) is 3.58. The number of esters is 1. The highest BCUT2D eigenvalue weighted by Gasteiger charge is 2.03. The molecule has 0 aliphatic heterocycles. The first-order valence-corrected chi connectivity index (χ1v) is 4.59. The molecule has 0 saturated heterocycles. The van der Waals surface area contributed by atoms with Crippen LogP contribution in [0.25, 0.3) is 0 Å². The Morgan fingerprint density at radius 2 is 2.20 bits per heavy atom. The number of ether oxygens (including phenoxy) is 2. The van der Waals surface area contributed by atoms with Crippen molar-refractivity contribution in [2.45, 2.75) is 13.3 Å². The predicted molar refractivity (Wildman–Crippen MR) is 53.3 cm³/mol. The summed E-state index contributed by atoms with van der Waals surface area (Å²) in [5.74, 6) is -0.0390. The molecule has 0 saturated carbocycles. The topological polar surface area (TPSA) is 35.5 Å². The van der Waals surface area contributed by atoms with Crippen molar-refractivity contribution in [3.8, 4) is 5.75 Å². The van der Waals surface area contributed by atoms with Crippen LogP contribution in [-0.4, -0.2) is 19.7 Å². The molecule has 1 aromatic rings. The Morgan fingerprint density at radius 1 is 1.47 bits per heavy atom. The van der Waals surface area contributed by atoms with Crippen LogP contribution in [0.2, 0.25) is 0 Å². The Kier molecular flexibility index (Phi) is 4.09. The van der Waals surface area contributed by atoms with Crippen LogP contribution in [0.5, 0.6) is 5.75 Å². The Morgan fingerprint density at radius 3 is 2.80 bits per heavy atom. The van der Waals surface area contributed by atoms with Crippen molar-refractivity contribution in [2.75, 3.05) is 13.7 Å². The first-order chi connectivity index (χ1) is 7.13. The number of halogens is 1. The smallest absolute Gasteiger partial charge is 0.308 e. The highest BCUT2D eigenvalue weighted by molar-refractivity contribution is 5.69. The number of methoxy groups -OCH3 is 1. The zero-order valence-electron chi connectivity index (χ0n) is 8.75. The van der Waals surface area contributed by atoms with Gasteiger partial charge in [0.05, 0.1) is 20.1 Å². The van der Waals surface area contributed by atoms with Gasteiger partial charge in [-0.05, 0) is 30.7 Å². The van der Waals surface area contributed by atoms with Gasteiger partial charge in [0.1, 0.15) is 11.6 Å². The molecule has 0 unspecified atom stereocenters. The van der Waals surface area contributed by atoms with Gasteiger partial charge >= 0.3 is 5.97 Å². The largest absolute Gasteiger partial charge is 0.493 e. The van der Waals surface area contributed by atoms with Crippen molar-refractivity contribution < 1.29 is 18.7 Å². The predicted octanol–water partition coefficient (Wildman–Crippen LogP) is 2.08. The molecular formula is C11H13FO3. The first kappa shape index (κ1) is 11.5. The molecule has 0 fully saturated rings. The van der Waals surface area contributed by atoms with Crippen LogP contribution >= 0.6 is 0 Å². The number of hydrogen-bond acceptors (Lipinski definition) is 3. The maximum Gasteiger partial charge on any atom is 0.308 e. The molecular weight excluding hydrogens is 199 g/mol. The van der Waals surface area contributed by atoms with Gasteiger partial charge in [0.25, 0.3) is 0 Å². The maximum absolute atomic E-state index is 12.7. The second kappa shape index (κ2) is 5.34. The number of carbonyl (C=O) groups excluding carboxylic acids is 1. The third-order valence-electron chi connectivity index (χ3n) is 1.93. The van der Waals surface area contributed by atoms with Crippen molar-refractivity contribution in [3.05, 3.63) is 29.6 Å². The minimum absolute atomic E-state index is 0.188. The minimum atomic E-state index is -0.324. The monoisotopic (exact) mass is 212 g/mol. The highest BCUT2D eigenvalue weighted by Crippen LogP contribution is 2.18. The van der Waals surface area contributed by atoms with Crippen LogP contribution in [0.1, 0.15) is 12.0 Å². The van der Waals surface area contributed by atoms with E-state index in [0.29, 0.717) is 11.3 Å². The van der Waals surface area contributed by atoms with Crippen molar-refractivity contribution >= 4 is 5.97 Å². The fraction of sp³-hybridized carbons (Fsp3) is 0.364. The average molecular weight is 212 g/mol. The van der Waals surface area contributed by atoms with Gasteiger partial charge in [-0.15, -0.1) is 0 Å². The number of benzene rings is 1. The molecule has 3 nitrogen and oxygen atoms in total. The number of aryl methyl sites for hydroxylation is 1. The van der Waals surface area contributed by atoms with Crippen LogP contribution in [0.15, 0.2) is 18.2 Å². The van der Waals surface area contributed by atoms with Crippen LogP contribution in [0.4, 0.5) is 4.39 Å². The zero-order valence-corrected chi connectivity index (χ0v) is 8.75. The summed E-state index contributed by atoms with van der Waals surface area (Å²) in [7, 11) is 1.32. The van der Waals surface area contributed by atoms with E-state index >= 15 is 0 Å². The summed E-state index contributed by atoms with van der Waals surface area (Å²) in [5, 5.41) is 0. The van der Waals surface area contributed by atoms with Gasteiger partial charge in [0.15, 0.2) is 0 Å². The van der Waals surface area contributed by atoms with Gasteiger partial charge in [0, 0.05) is 0 Å². The van der Waals surface area contributed by atoms with E-state index in [2.05, 4.69) is 4.74 Å². The normalized spacial score (nSPS) is 9.80. The van der Waals surface area contributed by atoms with Crippen molar-refractivity contribution in [1.82, 2.24) is 0 Å². The second-order valence-electron chi connectivity index (χ2n) is 3.08. The molecule has 1 rings (SSSR count). The zero-order chi connectivity index (χ0) is 11.3. The molecule has 0 spiro atoms. The molecule has 0 atom stereocenters. The summed E-state index contributed by atoms with van der Waals surface area (Å²) in [6.45, 7) is 1.98. The number of rotatable bonds is 4. The van der Waals surface area contributed by atoms with E-state index in [-0.39, 0.29) is 24.8 Å². The first-order valence-electron chi connectivity index (χ1n) is 4.59. The highest BCUT2D eigenvalue weighted by atomic mass is 19.1. The summed E-state index contributed by atoms with van der Waals surface area (Å²) in [4.78, 5) is 10.8. The summed E-state index contributed by atoms with van der Waals surface area (Å²) in [6.07, 6.45) is 0.188. The summed E-state index contributed by atoms with van der Waals surface area (Å²) >= 11 is 0. The fourth-order valence-electron chi connectivity index (χ4n) is 1.12. The van der Waals surface area contributed by atoms with Gasteiger partial charge in [-0.3, -0.25) is 4.79 Å². The van der Waals surface area contributed by atoms with E-state index in [1.54, 1.807) is 13.0 Å². The summed E-state index contributed by atoms with van der Waals surface area (Å²) in [6, 6.07) is 4.25. The lowest BCUT2D eigenvalue weighted by Crippen LogP contribution is -2.08.